The second kappa shape index (κ2) is 10.7. The molecule has 8 nitrogen and oxygen atoms in total. The molecule has 1 saturated heterocycles. The molecule has 0 spiro atoms. The molecular formula is C18H35N5O3. The Labute approximate surface area is 157 Å². The standard InChI is InChI=1S/C18H35N5O3/c1-22(2)16(24)14-20-17(19-7-8-23-9-12-26-13-10-23)21-15-18(4-5-18)6-11-25-3/h4-15H2,1-3H3,(H2,19,20,21). The maximum atomic E-state index is 11.8. The summed E-state index contributed by atoms with van der Waals surface area (Å²) in [5.41, 5.74) is 0.328. The number of ether oxygens (including phenoxy) is 2. The molecule has 2 fully saturated rings. The average molecular weight is 370 g/mol. The maximum Gasteiger partial charge on any atom is 0.243 e. The number of guanidine groups is 1. The molecule has 2 N–H and O–H groups in total. The molecule has 0 aromatic carbocycles. The van der Waals surface area contributed by atoms with Gasteiger partial charge in [0.1, 0.15) is 6.54 Å². The van der Waals surface area contributed by atoms with Crippen molar-refractivity contribution in [3.63, 3.8) is 0 Å². The lowest BCUT2D eigenvalue weighted by atomic mass is 10.0. The zero-order valence-electron chi connectivity index (χ0n) is 16.6. The second-order valence-electron chi connectivity index (χ2n) is 7.43. The third-order valence-corrected chi connectivity index (χ3v) is 5.12. The molecule has 150 valence electrons. The van der Waals surface area contributed by atoms with E-state index in [1.54, 1.807) is 26.1 Å². The number of likely N-dealkylation sites (N-methyl/N-ethyl adjacent to an activating group) is 1. The summed E-state index contributed by atoms with van der Waals surface area (Å²) in [4.78, 5) is 20.3. The fourth-order valence-electron chi connectivity index (χ4n) is 2.90. The van der Waals surface area contributed by atoms with E-state index < -0.39 is 0 Å². The van der Waals surface area contributed by atoms with E-state index in [-0.39, 0.29) is 12.5 Å². The average Bonchev–Trinajstić information content (AvgIpc) is 3.42. The number of hydrogen-bond acceptors (Lipinski definition) is 5. The number of nitrogens with zero attached hydrogens (tertiary/aromatic N) is 3. The molecule has 1 heterocycles. The molecule has 26 heavy (non-hydrogen) atoms. The number of carbonyl (C=O) groups is 1. The summed E-state index contributed by atoms with van der Waals surface area (Å²) in [6.45, 7) is 7.12. The predicted molar refractivity (Wildman–Crippen MR) is 102 cm³/mol. The van der Waals surface area contributed by atoms with Gasteiger partial charge in [0.15, 0.2) is 5.96 Å². The number of methoxy groups -OCH3 is 1. The molecule has 0 radical (unpaired) electrons. The van der Waals surface area contributed by atoms with Crippen molar-refractivity contribution in [3.8, 4) is 0 Å². The second-order valence-corrected chi connectivity index (χ2v) is 7.43. The van der Waals surface area contributed by atoms with Crippen LogP contribution in [0.25, 0.3) is 0 Å². The molecule has 0 atom stereocenters. The van der Waals surface area contributed by atoms with Gasteiger partial charge in [0.25, 0.3) is 0 Å². The van der Waals surface area contributed by atoms with Crippen molar-refractivity contribution in [2.75, 3.05) is 80.3 Å². The Morgan fingerprint density at radius 2 is 2.00 bits per heavy atom. The van der Waals surface area contributed by atoms with Crippen LogP contribution in [0, 0.1) is 5.41 Å². The summed E-state index contributed by atoms with van der Waals surface area (Å²) >= 11 is 0. The third-order valence-electron chi connectivity index (χ3n) is 5.12. The largest absolute Gasteiger partial charge is 0.385 e. The minimum atomic E-state index is -0.000188. The number of carbonyl (C=O) groups excluding carboxylic acids is 1. The normalized spacial score (nSPS) is 19.9. The van der Waals surface area contributed by atoms with Gasteiger partial charge in [-0.15, -0.1) is 0 Å². The van der Waals surface area contributed by atoms with Crippen molar-refractivity contribution < 1.29 is 14.3 Å². The van der Waals surface area contributed by atoms with Crippen molar-refractivity contribution in [1.82, 2.24) is 20.4 Å². The Morgan fingerprint density at radius 1 is 1.27 bits per heavy atom. The minimum absolute atomic E-state index is 0.000188. The molecule has 0 aromatic heterocycles. The van der Waals surface area contributed by atoms with Gasteiger partial charge in [-0.25, -0.2) is 4.99 Å². The molecule has 1 amide bonds. The molecular weight excluding hydrogens is 334 g/mol. The van der Waals surface area contributed by atoms with E-state index in [9.17, 15) is 4.79 Å². The Hall–Kier alpha value is -1.38. The van der Waals surface area contributed by atoms with Crippen LogP contribution in [0.2, 0.25) is 0 Å². The van der Waals surface area contributed by atoms with Crippen LogP contribution in [0.3, 0.4) is 0 Å². The number of morpholine rings is 1. The highest BCUT2D eigenvalue weighted by atomic mass is 16.5. The predicted octanol–water partition coefficient (Wildman–Crippen LogP) is -0.241. The van der Waals surface area contributed by atoms with E-state index >= 15 is 0 Å². The lowest BCUT2D eigenvalue weighted by molar-refractivity contribution is -0.127. The molecule has 0 aromatic rings. The molecule has 1 aliphatic carbocycles. The molecule has 1 saturated carbocycles. The SMILES string of the molecule is COCCC1(CNC(=NCC(=O)N(C)C)NCCN2CCOCC2)CC1. The van der Waals surface area contributed by atoms with Gasteiger partial charge in [0, 0.05) is 60.5 Å². The molecule has 1 aliphatic heterocycles. The highest BCUT2D eigenvalue weighted by Gasteiger charge is 2.41. The van der Waals surface area contributed by atoms with Gasteiger partial charge >= 0.3 is 0 Å². The van der Waals surface area contributed by atoms with Gasteiger partial charge in [0.05, 0.1) is 13.2 Å². The first-order valence-electron chi connectivity index (χ1n) is 9.56. The van der Waals surface area contributed by atoms with Crippen molar-refractivity contribution in [2.45, 2.75) is 19.3 Å². The Balaban J connectivity index is 1.80. The van der Waals surface area contributed by atoms with E-state index in [1.807, 2.05) is 0 Å². The highest BCUT2D eigenvalue weighted by Crippen LogP contribution is 2.48. The van der Waals surface area contributed by atoms with Crippen LogP contribution < -0.4 is 10.6 Å². The van der Waals surface area contributed by atoms with E-state index in [4.69, 9.17) is 9.47 Å². The van der Waals surface area contributed by atoms with Gasteiger partial charge in [-0.1, -0.05) is 0 Å². The van der Waals surface area contributed by atoms with Crippen LogP contribution in [-0.4, -0.2) is 102 Å². The summed E-state index contributed by atoms with van der Waals surface area (Å²) in [7, 11) is 5.25. The van der Waals surface area contributed by atoms with Gasteiger partial charge in [-0.05, 0) is 24.7 Å². The summed E-state index contributed by atoms with van der Waals surface area (Å²) in [6, 6.07) is 0. The Morgan fingerprint density at radius 3 is 2.62 bits per heavy atom. The smallest absolute Gasteiger partial charge is 0.243 e. The van der Waals surface area contributed by atoms with Gasteiger partial charge in [-0.2, -0.15) is 0 Å². The number of amides is 1. The van der Waals surface area contributed by atoms with Crippen molar-refractivity contribution in [2.24, 2.45) is 10.4 Å². The van der Waals surface area contributed by atoms with Gasteiger partial charge in [-0.3, -0.25) is 9.69 Å². The number of nitrogens with one attached hydrogen (secondary N) is 2. The van der Waals surface area contributed by atoms with Crippen LogP contribution in [-0.2, 0) is 14.3 Å². The third kappa shape index (κ3) is 7.47. The zero-order chi connectivity index (χ0) is 18.8. The number of rotatable bonds is 10. The van der Waals surface area contributed by atoms with Crippen LogP contribution in [0.1, 0.15) is 19.3 Å². The quantitative estimate of drug-likeness (QED) is 0.409. The summed E-state index contributed by atoms with van der Waals surface area (Å²) in [5, 5.41) is 6.81. The first-order chi connectivity index (χ1) is 12.5. The molecule has 2 rings (SSSR count). The number of aliphatic imine (C=N–C) groups is 1. The zero-order valence-corrected chi connectivity index (χ0v) is 16.6. The summed E-state index contributed by atoms with van der Waals surface area (Å²) < 4.78 is 10.6. The van der Waals surface area contributed by atoms with Crippen LogP contribution in [0.5, 0.6) is 0 Å². The Kier molecular flexibility index (Phi) is 8.61. The first-order valence-corrected chi connectivity index (χ1v) is 9.56. The molecule has 0 bridgehead atoms. The van der Waals surface area contributed by atoms with E-state index in [2.05, 4.69) is 20.5 Å². The highest BCUT2D eigenvalue weighted by molar-refractivity contribution is 5.84. The topological polar surface area (TPSA) is 78.4 Å². The first kappa shape index (κ1) is 20.9. The van der Waals surface area contributed by atoms with Crippen LogP contribution in [0.4, 0.5) is 0 Å². The van der Waals surface area contributed by atoms with Crippen molar-refractivity contribution >= 4 is 11.9 Å². The minimum Gasteiger partial charge on any atom is -0.385 e. The van der Waals surface area contributed by atoms with Crippen LogP contribution in [0.15, 0.2) is 4.99 Å². The lowest BCUT2D eigenvalue weighted by Crippen LogP contribution is -2.46. The van der Waals surface area contributed by atoms with Crippen molar-refractivity contribution in [3.05, 3.63) is 0 Å². The van der Waals surface area contributed by atoms with Gasteiger partial charge in [0.2, 0.25) is 5.91 Å². The fraction of sp³-hybridized carbons (Fsp3) is 0.889. The van der Waals surface area contributed by atoms with Crippen LogP contribution >= 0.6 is 0 Å². The number of hydrogen-bond donors (Lipinski definition) is 2. The fourth-order valence-corrected chi connectivity index (χ4v) is 2.90. The summed E-state index contributed by atoms with van der Waals surface area (Å²) in [5.74, 6) is 0.719. The van der Waals surface area contributed by atoms with E-state index in [1.165, 1.54) is 12.8 Å². The summed E-state index contributed by atoms with van der Waals surface area (Å²) in [6.07, 6.45) is 3.51. The van der Waals surface area contributed by atoms with E-state index in [0.29, 0.717) is 5.41 Å². The monoisotopic (exact) mass is 369 g/mol. The molecule has 8 heteroatoms. The molecule has 0 unspecified atom stereocenters. The molecule has 2 aliphatic rings. The Bertz CT molecular complexity index is 460. The maximum absolute atomic E-state index is 11.8. The van der Waals surface area contributed by atoms with Gasteiger partial charge < -0.3 is 25.0 Å². The van der Waals surface area contributed by atoms with E-state index in [0.717, 1.165) is 64.9 Å². The lowest BCUT2D eigenvalue weighted by Gasteiger charge is -2.27. The van der Waals surface area contributed by atoms with Crippen molar-refractivity contribution in [1.29, 1.82) is 0 Å².